The third-order valence-corrected chi connectivity index (χ3v) is 3.38. The van der Waals surface area contributed by atoms with Crippen LogP contribution in [-0.4, -0.2) is 23.0 Å². The van der Waals surface area contributed by atoms with Gasteiger partial charge in [0.15, 0.2) is 5.11 Å². The number of nitrogens with one attached hydrogen (secondary N) is 3. The van der Waals surface area contributed by atoms with E-state index >= 15 is 0 Å². The van der Waals surface area contributed by atoms with Gasteiger partial charge in [0.2, 0.25) is 5.91 Å². The Morgan fingerprint density at radius 1 is 0.923 bits per heavy atom. The number of anilines is 2. The van der Waals surface area contributed by atoms with Gasteiger partial charge >= 0.3 is 0 Å². The normalized spacial score (nSPS) is 10.2. The number of thiocarbonyl (C=S) groups is 1. The SMILES string of the molecule is CC(=O)NC(=S)Nc1ccc(NC(=O)c2ccc(OC(C)C)cc2)cc1. The molecule has 0 saturated carbocycles. The smallest absolute Gasteiger partial charge is 0.255 e. The fourth-order valence-electron chi connectivity index (χ4n) is 2.12. The molecule has 0 saturated heterocycles. The van der Waals surface area contributed by atoms with Gasteiger partial charge in [0.1, 0.15) is 5.75 Å². The second kappa shape index (κ2) is 8.96. The van der Waals surface area contributed by atoms with E-state index in [1.807, 2.05) is 13.8 Å². The molecule has 2 aromatic carbocycles. The van der Waals surface area contributed by atoms with Crippen LogP contribution in [0.3, 0.4) is 0 Å². The van der Waals surface area contributed by atoms with Crippen molar-refractivity contribution in [3.63, 3.8) is 0 Å². The first-order valence-electron chi connectivity index (χ1n) is 8.10. The van der Waals surface area contributed by atoms with Crippen LogP contribution in [0.1, 0.15) is 31.1 Å². The van der Waals surface area contributed by atoms with Gasteiger partial charge in [-0.1, -0.05) is 0 Å². The maximum atomic E-state index is 12.3. The van der Waals surface area contributed by atoms with E-state index in [-0.39, 0.29) is 23.0 Å². The van der Waals surface area contributed by atoms with Crippen molar-refractivity contribution in [3.8, 4) is 5.75 Å². The van der Waals surface area contributed by atoms with E-state index in [1.54, 1.807) is 48.5 Å². The molecule has 0 atom stereocenters. The van der Waals surface area contributed by atoms with Gasteiger partial charge in [0, 0.05) is 23.9 Å². The van der Waals surface area contributed by atoms with Crippen molar-refractivity contribution in [2.75, 3.05) is 10.6 Å². The first-order valence-corrected chi connectivity index (χ1v) is 8.51. The first kappa shape index (κ1) is 19.4. The average molecular weight is 371 g/mol. The number of carbonyl (C=O) groups is 2. The molecule has 0 unspecified atom stereocenters. The van der Waals surface area contributed by atoms with Crippen molar-refractivity contribution in [1.82, 2.24) is 5.32 Å². The molecule has 3 N–H and O–H groups in total. The number of carbonyl (C=O) groups excluding carboxylic acids is 2. The lowest BCUT2D eigenvalue weighted by molar-refractivity contribution is -0.117. The molecule has 7 heteroatoms. The summed E-state index contributed by atoms with van der Waals surface area (Å²) in [4.78, 5) is 23.2. The Morgan fingerprint density at radius 3 is 1.96 bits per heavy atom. The van der Waals surface area contributed by atoms with Gasteiger partial charge in [-0.15, -0.1) is 0 Å². The highest BCUT2D eigenvalue weighted by Gasteiger charge is 2.07. The summed E-state index contributed by atoms with van der Waals surface area (Å²) in [5.41, 5.74) is 1.89. The molecule has 2 rings (SSSR count). The average Bonchev–Trinajstić information content (AvgIpc) is 2.56. The topological polar surface area (TPSA) is 79.5 Å². The van der Waals surface area contributed by atoms with Crippen molar-refractivity contribution in [3.05, 3.63) is 54.1 Å². The minimum Gasteiger partial charge on any atom is -0.491 e. The van der Waals surface area contributed by atoms with Crippen molar-refractivity contribution < 1.29 is 14.3 Å². The molecule has 26 heavy (non-hydrogen) atoms. The summed E-state index contributed by atoms with van der Waals surface area (Å²) in [6.45, 7) is 5.28. The number of hydrogen-bond acceptors (Lipinski definition) is 4. The van der Waals surface area contributed by atoms with E-state index in [0.29, 0.717) is 16.9 Å². The van der Waals surface area contributed by atoms with Crippen LogP contribution in [0.15, 0.2) is 48.5 Å². The van der Waals surface area contributed by atoms with Crippen molar-refractivity contribution >= 4 is 40.5 Å². The van der Waals surface area contributed by atoms with Crippen molar-refractivity contribution in [1.29, 1.82) is 0 Å². The summed E-state index contributed by atoms with van der Waals surface area (Å²) in [5.74, 6) is 0.272. The van der Waals surface area contributed by atoms with Gasteiger partial charge in [0.05, 0.1) is 6.10 Å². The number of benzene rings is 2. The summed E-state index contributed by atoms with van der Waals surface area (Å²) < 4.78 is 5.56. The Labute approximate surface area is 157 Å². The second-order valence-electron chi connectivity index (χ2n) is 5.86. The van der Waals surface area contributed by atoms with E-state index in [0.717, 1.165) is 5.75 Å². The Morgan fingerprint density at radius 2 is 1.46 bits per heavy atom. The molecule has 0 heterocycles. The fourth-order valence-corrected chi connectivity index (χ4v) is 2.38. The van der Waals surface area contributed by atoms with Gasteiger partial charge < -0.3 is 20.7 Å². The highest BCUT2D eigenvalue weighted by atomic mass is 32.1. The molecule has 136 valence electrons. The molecule has 0 aliphatic heterocycles. The molecule has 0 radical (unpaired) electrons. The highest BCUT2D eigenvalue weighted by Crippen LogP contribution is 2.17. The second-order valence-corrected chi connectivity index (χ2v) is 6.27. The van der Waals surface area contributed by atoms with Crippen LogP contribution in [0.5, 0.6) is 5.75 Å². The Bertz CT molecular complexity index is 787. The third kappa shape index (κ3) is 6.18. The molecule has 0 fully saturated rings. The molecular weight excluding hydrogens is 350 g/mol. The lowest BCUT2D eigenvalue weighted by Crippen LogP contribution is -2.32. The number of rotatable bonds is 5. The van der Waals surface area contributed by atoms with E-state index < -0.39 is 0 Å². The van der Waals surface area contributed by atoms with E-state index in [9.17, 15) is 9.59 Å². The molecule has 0 aromatic heterocycles. The molecular formula is C19H21N3O3S. The lowest BCUT2D eigenvalue weighted by Gasteiger charge is -2.11. The maximum Gasteiger partial charge on any atom is 0.255 e. The summed E-state index contributed by atoms with van der Waals surface area (Å²) in [7, 11) is 0. The van der Waals surface area contributed by atoms with Gasteiger partial charge in [-0.05, 0) is 74.6 Å². The predicted molar refractivity (Wildman–Crippen MR) is 107 cm³/mol. The van der Waals surface area contributed by atoms with E-state index in [2.05, 4.69) is 16.0 Å². The van der Waals surface area contributed by atoms with Gasteiger partial charge in [-0.3, -0.25) is 9.59 Å². The molecule has 6 nitrogen and oxygen atoms in total. The molecule has 2 aromatic rings. The largest absolute Gasteiger partial charge is 0.491 e. The van der Waals surface area contributed by atoms with Gasteiger partial charge in [-0.25, -0.2) is 0 Å². The summed E-state index contributed by atoms with van der Waals surface area (Å²) >= 11 is 4.99. The molecule has 0 aliphatic rings. The van der Waals surface area contributed by atoms with E-state index in [4.69, 9.17) is 17.0 Å². The minimum absolute atomic E-state index is 0.0836. The predicted octanol–water partition coefficient (Wildman–Crippen LogP) is 3.56. The monoisotopic (exact) mass is 371 g/mol. The molecule has 0 aliphatic carbocycles. The van der Waals surface area contributed by atoms with Crippen molar-refractivity contribution in [2.24, 2.45) is 0 Å². The van der Waals surface area contributed by atoms with Crippen LogP contribution >= 0.6 is 12.2 Å². The van der Waals surface area contributed by atoms with Crippen LogP contribution in [0.2, 0.25) is 0 Å². The van der Waals surface area contributed by atoms with Crippen LogP contribution in [0.4, 0.5) is 11.4 Å². The fraction of sp³-hybridized carbons (Fsp3) is 0.211. The van der Waals surface area contributed by atoms with Gasteiger partial charge in [-0.2, -0.15) is 0 Å². The lowest BCUT2D eigenvalue weighted by atomic mass is 10.2. The third-order valence-electron chi connectivity index (χ3n) is 3.18. The Kier molecular flexibility index (Phi) is 6.68. The number of amides is 2. The highest BCUT2D eigenvalue weighted by molar-refractivity contribution is 7.80. The number of ether oxygens (including phenoxy) is 1. The van der Waals surface area contributed by atoms with Gasteiger partial charge in [0.25, 0.3) is 5.91 Å². The van der Waals surface area contributed by atoms with Crippen LogP contribution in [0, 0.1) is 0 Å². The minimum atomic E-state index is -0.240. The Hall–Kier alpha value is -2.93. The summed E-state index contributed by atoms with van der Waals surface area (Å²) in [5, 5.41) is 8.40. The van der Waals surface area contributed by atoms with Crippen LogP contribution in [-0.2, 0) is 4.79 Å². The van der Waals surface area contributed by atoms with E-state index in [1.165, 1.54) is 6.92 Å². The zero-order valence-electron chi connectivity index (χ0n) is 14.8. The molecule has 0 spiro atoms. The summed E-state index contributed by atoms with van der Waals surface area (Å²) in [6, 6.07) is 14.0. The first-order chi connectivity index (χ1) is 12.3. The molecule has 0 bridgehead atoms. The summed E-state index contributed by atoms with van der Waals surface area (Å²) in [6.07, 6.45) is 0.0836. The number of hydrogen-bond donors (Lipinski definition) is 3. The van der Waals surface area contributed by atoms with Crippen LogP contribution < -0.4 is 20.7 Å². The molecule has 2 amide bonds. The van der Waals surface area contributed by atoms with Crippen LogP contribution in [0.25, 0.3) is 0 Å². The standard InChI is InChI=1S/C19H21N3O3S/c1-12(2)25-17-10-4-14(5-11-17)18(24)21-15-6-8-16(9-7-15)22-19(26)20-13(3)23/h4-12H,1-3H3,(H,21,24)(H2,20,22,23,26). The van der Waals surface area contributed by atoms with Crippen molar-refractivity contribution in [2.45, 2.75) is 26.9 Å². The zero-order valence-corrected chi connectivity index (χ0v) is 15.6. The quantitative estimate of drug-likeness (QED) is 0.701. The Balaban J connectivity index is 1.94. The zero-order chi connectivity index (χ0) is 19.1. The maximum absolute atomic E-state index is 12.3.